The van der Waals surface area contributed by atoms with Gasteiger partial charge < -0.3 is 14.4 Å². The predicted molar refractivity (Wildman–Crippen MR) is 144 cm³/mol. The highest BCUT2D eigenvalue weighted by Crippen LogP contribution is 2.37. The molecule has 1 saturated heterocycles. The number of aromatic nitrogens is 1. The van der Waals surface area contributed by atoms with Crippen LogP contribution >= 0.6 is 0 Å². The minimum Gasteiger partial charge on any atom is -0.450 e. The fraction of sp³-hybridized carbons (Fsp3) is 0.355. The fourth-order valence-corrected chi connectivity index (χ4v) is 4.72. The van der Waals surface area contributed by atoms with Crippen molar-refractivity contribution >= 4 is 17.8 Å². The number of carbonyl (C=O) groups excluding carboxylic acids is 3. The van der Waals surface area contributed by atoms with Crippen molar-refractivity contribution in [3.05, 3.63) is 101 Å². The summed E-state index contributed by atoms with van der Waals surface area (Å²) in [4.78, 5) is 45.9. The Morgan fingerprint density at radius 2 is 1.67 bits per heavy atom. The molecule has 0 N–H and O–H groups in total. The van der Waals surface area contributed by atoms with Crippen molar-refractivity contribution in [2.24, 2.45) is 5.92 Å². The summed E-state index contributed by atoms with van der Waals surface area (Å²) in [6.45, 7) is 4.89. The van der Waals surface area contributed by atoms with Gasteiger partial charge in [-0.3, -0.25) is 9.78 Å². The normalized spacial score (nSPS) is 18.2. The molecule has 204 valence electrons. The lowest BCUT2D eigenvalue weighted by Crippen LogP contribution is -2.49. The van der Waals surface area contributed by atoms with Crippen LogP contribution in [0.4, 0.5) is 9.18 Å². The van der Waals surface area contributed by atoms with Crippen molar-refractivity contribution in [2.75, 3.05) is 6.54 Å². The summed E-state index contributed by atoms with van der Waals surface area (Å²) < 4.78 is 24.5. The second-order valence-corrected chi connectivity index (χ2v) is 10.6. The van der Waals surface area contributed by atoms with Gasteiger partial charge in [-0.1, -0.05) is 48.5 Å². The Morgan fingerprint density at radius 3 is 2.28 bits per heavy atom. The van der Waals surface area contributed by atoms with Gasteiger partial charge in [0.05, 0.1) is 11.6 Å². The van der Waals surface area contributed by atoms with Gasteiger partial charge in [0.25, 0.3) is 0 Å². The van der Waals surface area contributed by atoms with Crippen LogP contribution in [0.1, 0.15) is 71.6 Å². The first kappa shape index (κ1) is 28.0. The molecule has 2 heterocycles. The van der Waals surface area contributed by atoms with Gasteiger partial charge in [0.1, 0.15) is 18.0 Å². The molecule has 3 atom stereocenters. The van der Waals surface area contributed by atoms with E-state index < -0.39 is 42.1 Å². The van der Waals surface area contributed by atoms with E-state index in [0.29, 0.717) is 18.4 Å². The molecule has 4 rings (SSSR count). The van der Waals surface area contributed by atoms with Gasteiger partial charge >= 0.3 is 12.1 Å². The molecule has 1 amide bonds. The largest absolute Gasteiger partial charge is 0.450 e. The Morgan fingerprint density at radius 1 is 0.974 bits per heavy atom. The maximum absolute atomic E-state index is 13.6. The van der Waals surface area contributed by atoms with Gasteiger partial charge in [0.2, 0.25) is 5.78 Å². The summed E-state index contributed by atoms with van der Waals surface area (Å²) in [6, 6.07) is 20.3. The van der Waals surface area contributed by atoms with E-state index in [4.69, 9.17) is 9.47 Å². The first-order valence-electron chi connectivity index (χ1n) is 13.0. The van der Waals surface area contributed by atoms with E-state index in [0.717, 1.165) is 5.56 Å². The third-order valence-electron chi connectivity index (χ3n) is 6.61. The zero-order valence-corrected chi connectivity index (χ0v) is 22.4. The number of ether oxygens (including phenoxy) is 2. The molecule has 3 unspecified atom stereocenters. The number of esters is 1. The molecule has 0 spiro atoms. The number of alkyl halides is 1. The topological polar surface area (TPSA) is 85.8 Å². The lowest BCUT2D eigenvalue weighted by atomic mass is 9.84. The highest BCUT2D eigenvalue weighted by molar-refractivity contribution is 6.00. The Bertz CT molecular complexity index is 1280. The van der Waals surface area contributed by atoms with E-state index in [2.05, 4.69) is 4.98 Å². The van der Waals surface area contributed by atoms with Crippen LogP contribution in [0.25, 0.3) is 0 Å². The van der Waals surface area contributed by atoms with Crippen LogP contribution in [0.15, 0.2) is 79.0 Å². The van der Waals surface area contributed by atoms with Crippen LogP contribution < -0.4 is 0 Å². The number of piperidine rings is 1. The number of carbonyl (C=O) groups is 3. The van der Waals surface area contributed by atoms with Crippen LogP contribution in [0.5, 0.6) is 0 Å². The molecular formula is C31H33FN2O5. The van der Waals surface area contributed by atoms with Crippen molar-refractivity contribution in [3.63, 3.8) is 0 Å². The van der Waals surface area contributed by atoms with E-state index in [1.807, 2.05) is 30.3 Å². The summed E-state index contributed by atoms with van der Waals surface area (Å²) in [5, 5.41) is 0. The molecule has 1 fully saturated rings. The summed E-state index contributed by atoms with van der Waals surface area (Å²) >= 11 is 0. The van der Waals surface area contributed by atoms with Crippen LogP contribution in [-0.4, -0.2) is 46.0 Å². The number of hydrogen-bond donors (Lipinski definition) is 0. The van der Waals surface area contributed by atoms with Gasteiger partial charge in [0.15, 0.2) is 6.10 Å². The molecule has 0 saturated carbocycles. The first-order chi connectivity index (χ1) is 18.7. The summed E-state index contributed by atoms with van der Waals surface area (Å²) in [5.74, 6) is -1.65. The maximum Gasteiger partial charge on any atom is 0.410 e. The standard InChI is InChI=1S/C31H33FN2O5/c1-31(2,3)39-30(37)34-20-24(16-17-26(34)22-9-5-4-6-10-22)28(27(35)25-11-7-8-18-33-25)38-29(36)23-14-12-21(19-32)13-15-23/h4-15,18,24,26,28H,16-17,19-20H2,1-3H3. The van der Waals surface area contributed by atoms with Crippen LogP contribution in [0.3, 0.4) is 0 Å². The molecule has 0 radical (unpaired) electrons. The Labute approximate surface area is 228 Å². The number of benzene rings is 2. The number of likely N-dealkylation sites (tertiary alicyclic amines) is 1. The molecule has 1 aliphatic rings. The van der Waals surface area contributed by atoms with Crippen molar-refractivity contribution in [3.8, 4) is 0 Å². The van der Waals surface area contributed by atoms with Crippen LogP contribution in [0.2, 0.25) is 0 Å². The number of amides is 1. The minimum atomic E-state index is -1.19. The molecule has 3 aromatic rings. The van der Waals surface area contributed by atoms with Gasteiger partial charge in [-0.25, -0.2) is 14.0 Å². The van der Waals surface area contributed by atoms with Crippen LogP contribution in [-0.2, 0) is 16.1 Å². The van der Waals surface area contributed by atoms with Crippen molar-refractivity contribution in [1.82, 2.24) is 9.88 Å². The number of ketones is 1. The first-order valence-corrected chi connectivity index (χ1v) is 13.0. The fourth-order valence-electron chi connectivity index (χ4n) is 4.72. The molecule has 8 heteroatoms. The smallest absolute Gasteiger partial charge is 0.410 e. The highest BCUT2D eigenvalue weighted by atomic mass is 19.1. The SMILES string of the molecule is CC(C)(C)OC(=O)N1CC(C(OC(=O)c2ccc(CF)cc2)C(=O)c2ccccn2)CCC1c1ccccc1. The second-order valence-electron chi connectivity index (χ2n) is 10.6. The molecule has 2 aromatic carbocycles. The number of nitrogens with zero attached hydrogens (tertiary/aromatic N) is 2. The Balaban J connectivity index is 1.65. The minimum absolute atomic E-state index is 0.145. The average molecular weight is 533 g/mol. The molecule has 0 bridgehead atoms. The molecule has 1 aliphatic heterocycles. The van der Waals surface area contributed by atoms with Gasteiger partial charge in [0, 0.05) is 18.7 Å². The third kappa shape index (κ3) is 7.07. The Hall–Kier alpha value is -4.07. The monoisotopic (exact) mass is 532 g/mol. The highest BCUT2D eigenvalue weighted by Gasteiger charge is 2.42. The van der Waals surface area contributed by atoms with E-state index in [1.54, 1.807) is 43.9 Å². The van der Waals surface area contributed by atoms with Crippen molar-refractivity contribution in [2.45, 2.75) is 58.0 Å². The van der Waals surface area contributed by atoms with E-state index in [1.165, 1.54) is 30.5 Å². The number of Topliss-reactive ketones (excluding diaryl/α,β-unsaturated/α-hetero) is 1. The number of rotatable bonds is 7. The van der Waals surface area contributed by atoms with E-state index in [9.17, 15) is 18.8 Å². The Kier molecular flexibility index (Phi) is 8.74. The molecule has 0 aliphatic carbocycles. The summed E-state index contributed by atoms with van der Waals surface area (Å²) in [7, 11) is 0. The number of hydrogen-bond acceptors (Lipinski definition) is 6. The third-order valence-corrected chi connectivity index (χ3v) is 6.61. The number of halogens is 1. The molecular weight excluding hydrogens is 499 g/mol. The summed E-state index contributed by atoms with van der Waals surface area (Å²) in [5.41, 5.74) is 1.04. The number of pyridine rings is 1. The van der Waals surface area contributed by atoms with E-state index in [-0.39, 0.29) is 23.8 Å². The van der Waals surface area contributed by atoms with Crippen molar-refractivity contribution < 1.29 is 28.2 Å². The zero-order chi connectivity index (χ0) is 28.0. The predicted octanol–water partition coefficient (Wildman–Crippen LogP) is 6.35. The average Bonchev–Trinajstić information content (AvgIpc) is 2.95. The maximum atomic E-state index is 13.6. The van der Waals surface area contributed by atoms with Gasteiger partial charge in [-0.2, -0.15) is 0 Å². The quantitative estimate of drug-likeness (QED) is 0.260. The lowest BCUT2D eigenvalue weighted by Gasteiger charge is -2.42. The van der Waals surface area contributed by atoms with E-state index >= 15 is 0 Å². The van der Waals surface area contributed by atoms with Gasteiger partial charge in [-0.15, -0.1) is 0 Å². The van der Waals surface area contributed by atoms with Gasteiger partial charge in [-0.05, 0) is 69.0 Å². The lowest BCUT2D eigenvalue weighted by molar-refractivity contribution is -0.0204. The van der Waals surface area contributed by atoms with Crippen molar-refractivity contribution in [1.29, 1.82) is 0 Å². The molecule has 7 nitrogen and oxygen atoms in total. The summed E-state index contributed by atoms with van der Waals surface area (Å²) in [6.07, 6.45) is 0.882. The molecule has 39 heavy (non-hydrogen) atoms. The second kappa shape index (κ2) is 12.2. The molecule has 1 aromatic heterocycles. The zero-order valence-electron chi connectivity index (χ0n) is 22.4. The van der Waals surface area contributed by atoms with Crippen LogP contribution in [0, 0.1) is 5.92 Å².